The fourth-order valence-corrected chi connectivity index (χ4v) is 2.14. The minimum Gasteiger partial charge on any atom is -0.380 e. The van der Waals surface area contributed by atoms with Gasteiger partial charge >= 0.3 is 0 Å². The van der Waals surface area contributed by atoms with Gasteiger partial charge in [-0.25, -0.2) is 9.97 Å². The summed E-state index contributed by atoms with van der Waals surface area (Å²) in [5, 5.41) is 6.54. The van der Waals surface area contributed by atoms with Crippen molar-refractivity contribution in [3.05, 3.63) is 11.4 Å². The number of hydrogen-bond donors (Lipinski definition) is 2. The Morgan fingerprint density at radius 3 is 2.52 bits per heavy atom. The SMILES string of the molecule is CNc1nc(C2CC2)nc(NCCOCCC(C)C)c1C. The Morgan fingerprint density at radius 1 is 1.19 bits per heavy atom. The Morgan fingerprint density at radius 2 is 1.90 bits per heavy atom. The van der Waals surface area contributed by atoms with Crippen LogP contribution in [0.2, 0.25) is 0 Å². The molecule has 118 valence electrons. The molecular weight excluding hydrogens is 264 g/mol. The van der Waals surface area contributed by atoms with Crippen molar-refractivity contribution in [2.75, 3.05) is 37.4 Å². The fourth-order valence-electron chi connectivity index (χ4n) is 2.14. The summed E-state index contributed by atoms with van der Waals surface area (Å²) in [5.74, 6) is 4.08. The van der Waals surface area contributed by atoms with Gasteiger partial charge in [0.2, 0.25) is 0 Å². The van der Waals surface area contributed by atoms with Gasteiger partial charge in [0.15, 0.2) is 0 Å². The Hall–Kier alpha value is -1.36. The molecule has 2 rings (SSSR count). The van der Waals surface area contributed by atoms with Crippen LogP contribution in [-0.4, -0.2) is 36.8 Å². The second kappa shape index (κ2) is 7.59. The second-order valence-corrected chi connectivity index (χ2v) is 6.15. The zero-order chi connectivity index (χ0) is 15.2. The number of hydrogen-bond acceptors (Lipinski definition) is 5. The van der Waals surface area contributed by atoms with Crippen molar-refractivity contribution in [1.29, 1.82) is 0 Å². The maximum absolute atomic E-state index is 5.63. The molecule has 0 amide bonds. The van der Waals surface area contributed by atoms with Gasteiger partial charge in [0.05, 0.1) is 6.61 Å². The lowest BCUT2D eigenvalue weighted by molar-refractivity contribution is 0.132. The van der Waals surface area contributed by atoms with Crippen LogP contribution < -0.4 is 10.6 Å². The highest BCUT2D eigenvalue weighted by atomic mass is 16.5. The van der Waals surface area contributed by atoms with Gasteiger partial charge in [-0.05, 0) is 32.1 Å². The molecular formula is C16H28N4O. The standard InChI is InChI=1S/C16H28N4O/c1-11(2)7-9-21-10-8-18-15-12(3)14(17-4)19-16(20-15)13-5-6-13/h11,13H,5-10H2,1-4H3,(H2,17,18,19,20). The van der Waals surface area contributed by atoms with Gasteiger partial charge in [-0.1, -0.05) is 13.8 Å². The summed E-state index contributed by atoms with van der Waals surface area (Å²) in [4.78, 5) is 9.27. The van der Waals surface area contributed by atoms with Crippen molar-refractivity contribution in [1.82, 2.24) is 9.97 Å². The maximum atomic E-state index is 5.63. The van der Waals surface area contributed by atoms with E-state index in [0.29, 0.717) is 18.4 Å². The van der Waals surface area contributed by atoms with Crippen molar-refractivity contribution in [2.24, 2.45) is 5.92 Å². The van der Waals surface area contributed by atoms with Crippen molar-refractivity contribution < 1.29 is 4.74 Å². The molecule has 0 aliphatic heterocycles. The molecule has 1 saturated carbocycles. The predicted molar refractivity (Wildman–Crippen MR) is 87.1 cm³/mol. The molecule has 1 aromatic heterocycles. The van der Waals surface area contributed by atoms with E-state index in [4.69, 9.17) is 4.74 Å². The molecule has 1 aliphatic rings. The molecule has 0 bridgehead atoms. The van der Waals surface area contributed by atoms with E-state index in [1.54, 1.807) is 0 Å². The van der Waals surface area contributed by atoms with E-state index in [1.807, 2.05) is 14.0 Å². The first-order valence-corrected chi connectivity index (χ1v) is 7.99. The molecule has 0 aromatic carbocycles. The highest BCUT2D eigenvalue weighted by Gasteiger charge is 2.28. The van der Waals surface area contributed by atoms with E-state index in [-0.39, 0.29) is 0 Å². The van der Waals surface area contributed by atoms with Crippen molar-refractivity contribution in [3.63, 3.8) is 0 Å². The van der Waals surface area contributed by atoms with Crippen LogP contribution in [0.5, 0.6) is 0 Å². The first kappa shape index (κ1) is 16.0. The molecule has 5 nitrogen and oxygen atoms in total. The van der Waals surface area contributed by atoms with Crippen molar-refractivity contribution >= 4 is 11.6 Å². The predicted octanol–water partition coefficient (Wildman–Crippen LogP) is 3.18. The molecule has 1 aliphatic carbocycles. The van der Waals surface area contributed by atoms with Crippen LogP contribution in [0.25, 0.3) is 0 Å². The fraction of sp³-hybridized carbons (Fsp3) is 0.750. The lowest BCUT2D eigenvalue weighted by Gasteiger charge is -2.14. The van der Waals surface area contributed by atoms with Crippen molar-refractivity contribution in [3.8, 4) is 0 Å². The molecule has 1 heterocycles. The van der Waals surface area contributed by atoms with E-state index in [1.165, 1.54) is 12.8 Å². The molecule has 0 unspecified atom stereocenters. The minimum absolute atomic E-state index is 0.556. The summed E-state index contributed by atoms with van der Waals surface area (Å²) >= 11 is 0. The topological polar surface area (TPSA) is 59.1 Å². The van der Waals surface area contributed by atoms with Crippen LogP contribution in [0.4, 0.5) is 11.6 Å². The molecule has 0 atom stereocenters. The summed E-state index contributed by atoms with van der Waals surface area (Å²) in [6.07, 6.45) is 3.54. The second-order valence-electron chi connectivity index (χ2n) is 6.15. The minimum atomic E-state index is 0.556. The molecule has 0 radical (unpaired) electrons. The third-order valence-corrected chi connectivity index (χ3v) is 3.72. The average molecular weight is 292 g/mol. The number of anilines is 2. The van der Waals surface area contributed by atoms with Gasteiger partial charge in [-0.15, -0.1) is 0 Å². The number of rotatable bonds is 9. The van der Waals surface area contributed by atoms with Gasteiger partial charge in [-0.2, -0.15) is 0 Å². The molecule has 2 N–H and O–H groups in total. The summed E-state index contributed by atoms with van der Waals surface area (Å²) in [5.41, 5.74) is 1.07. The van der Waals surface area contributed by atoms with Crippen molar-refractivity contribution in [2.45, 2.75) is 46.0 Å². The first-order valence-electron chi connectivity index (χ1n) is 7.99. The molecule has 5 heteroatoms. The van der Waals surface area contributed by atoms with Gasteiger partial charge in [0, 0.05) is 31.7 Å². The molecule has 0 saturated heterocycles. The Kier molecular flexibility index (Phi) is 5.79. The molecule has 1 aromatic rings. The third-order valence-electron chi connectivity index (χ3n) is 3.72. The first-order chi connectivity index (χ1) is 10.1. The smallest absolute Gasteiger partial charge is 0.136 e. The lowest BCUT2D eigenvalue weighted by atomic mass is 10.1. The van der Waals surface area contributed by atoms with Gasteiger partial charge < -0.3 is 15.4 Å². The van der Waals surface area contributed by atoms with E-state index < -0.39 is 0 Å². The van der Waals surface area contributed by atoms with Gasteiger partial charge in [-0.3, -0.25) is 0 Å². The summed E-state index contributed by atoms with van der Waals surface area (Å²) in [6.45, 7) is 8.80. The normalized spacial score (nSPS) is 14.5. The number of aromatic nitrogens is 2. The third kappa shape index (κ3) is 4.84. The largest absolute Gasteiger partial charge is 0.380 e. The van der Waals surface area contributed by atoms with Crippen LogP contribution >= 0.6 is 0 Å². The average Bonchev–Trinajstić information content (AvgIpc) is 3.28. The summed E-state index contributed by atoms with van der Waals surface area (Å²) < 4.78 is 5.63. The molecule has 1 fully saturated rings. The highest BCUT2D eigenvalue weighted by Crippen LogP contribution is 2.39. The van der Waals surface area contributed by atoms with Crippen LogP contribution in [0, 0.1) is 12.8 Å². The summed E-state index contributed by atoms with van der Waals surface area (Å²) in [7, 11) is 1.91. The van der Waals surface area contributed by atoms with Gasteiger partial charge in [0.1, 0.15) is 17.5 Å². The van der Waals surface area contributed by atoms with Crippen LogP contribution in [-0.2, 0) is 4.74 Å². The van der Waals surface area contributed by atoms with Crippen LogP contribution in [0.3, 0.4) is 0 Å². The maximum Gasteiger partial charge on any atom is 0.136 e. The number of ether oxygens (including phenoxy) is 1. The van der Waals surface area contributed by atoms with E-state index in [0.717, 1.165) is 42.6 Å². The van der Waals surface area contributed by atoms with E-state index in [2.05, 4.69) is 34.4 Å². The Labute approximate surface area is 127 Å². The van der Waals surface area contributed by atoms with Gasteiger partial charge in [0.25, 0.3) is 0 Å². The van der Waals surface area contributed by atoms with E-state index in [9.17, 15) is 0 Å². The van der Waals surface area contributed by atoms with Crippen LogP contribution in [0.15, 0.2) is 0 Å². The number of nitrogens with zero attached hydrogens (tertiary/aromatic N) is 2. The number of nitrogens with one attached hydrogen (secondary N) is 2. The quantitative estimate of drug-likeness (QED) is 0.685. The zero-order valence-electron chi connectivity index (χ0n) is 13.7. The molecule has 21 heavy (non-hydrogen) atoms. The molecule has 0 spiro atoms. The Balaban J connectivity index is 1.85. The highest BCUT2D eigenvalue weighted by molar-refractivity contribution is 5.57. The monoisotopic (exact) mass is 292 g/mol. The van der Waals surface area contributed by atoms with E-state index >= 15 is 0 Å². The summed E-state index contributed by atoms with van der Waals surface area (Å²) in [6, 6.07) is 0. The lowest BCUT2D eigenvalue weighted by Crippen LogP contribution is -2.14. The Bertz CT molecular complexity index is 458. The van der Waals surface area contributed by atoms with Crippen LogP contribution in [0.1, 0.15) is 50.4 Å². The zero-order valence-corrected chi connectivity index (χ0v) is 13.7.